The van der Waals surface area contributed by atoms with Crippen molar-refractivity contribution in [3.63, 3.8) is 0 Å². The number of aliphatic hydroxyl groups excluding tert-OH is 1. The second-order valence-electron chi connectivity index (χ2n) is 25.8. The molecule has 0 saturated heterocycles. The molecule has 17 nitrogen and oxygen atoms in total. The summed E-state index contributed by atoms with van der Waals surface area (Å²) in [6, 6.07) is 0. The highest BCUT2D eigenvalue weighted by Gasteiger charge is 2.29. The van der Waals surface area contributed by atoms with Crippen molar-refractivity contribution in [2.45, 2.75) is 333 Å². The molecule has 0 heterocycles. The van der Waals surface area contributed by atoms with Crippen LogP contribution in [0.25, 0.3) is 0 Å². The molecular formula is C79H140O17P2. The Morgan fingerprint density at radius 1 is 0.327 bits per heavy atom. The first kappa shape index (κ1) is 94.7. The van der Waals surface area contributed by atoms with Gasteiger partial charge in [0.2, 0.25) is 0 Å². The van der Waals surface area contributed by atoms with Crippen molar-refractivity contribution in [3.05, 3.63) is 85.1 Å². The van der Waals surface area contributed by atoms with Crippen molar-refractivity contribution < 1.29 is 80.2 Å². The first-order valence-corrected chi connectivity index (χ1v) is 41.7. The topological polar surface area (TPSA) is 237 Å². The van der Waals surface area contributed by atoms with Crippen LogP contribution in [-0.2, 0) is 65.4 Å². The zero-order valence-electron chi connectivity index (χ0n) is 61.3. The fourth-order valence-corrected chi connectivity index (χ4v) is 12.0. The molecule has 0 rings (SSSR count). The van der Waals surface area contributed by atoms with Crippen molar-refractivity contribution in [2.75, 3.05) is 59.5 Å². The molecule has 0 aromatic carbocycles. The third-order valence-corrected chi connectivity index (χ3v) is 18.2. The second kappa shape index (κ2) is 76.4. The number of unbranched alkanes of at least 4 members (excludes halogenated alkanes) is 36. The zero-order chi connectivity index (χ0) is 71.3. The molecule has 0 amide bonds. The van der Waals surface area contributed by atoms with Crippen LogP contribution < -0.4 is 0 Å². The number of phosphoric acid groups is 2. The number of phosphoric ester groups is 2. The van der Waals surface area contributed by atoms with E-state index in [-0.39, 0.29) is 26.2 Å². The Labute approximate surface area is 595 Å². The molecular weight excluding hydrogens is 1280 g/mol. The quantitative estimate of drug-likeness (QED) is 0.0169. The maximum atomic E-state index is 13.1. The number of ether oxygens (including phenoxy) is 4. The van der Waals surface area contributed by atoms with Crippen molar-refractivity contribution in [3.8, 4) is 0 Å². The molecule has 5 atom stereocenters. The highest BCUT2D eigenvalue weighted by Crippen LogP contribution is 2.45. The minimum atomic E-state index is -4.84. The molecule has 3 N–H and O–H groups in total. The number of rotatable bonds is 79. The van der Waals surface area contributed by atoms with Crippen LogP contribution in [0, 0.1) is 0 Å². The van der Waals surface area contributed by atoms with E-state index in [4.69, 9.17) is 37.0 Å². The molecule has 0 aromatic heterocycles. The fourth-order valence-electron chi connectivity index (χ4n) is 10.4. The number of aldehydes is 3. The number of carbonyl (C=O) groups is 4. The van der Waals surface area contributed by atoms with Crippen molar-refractivity contribution in [1.29, 1.82) is 0 Å². The van der Waals surface area contributed by atoms with Crippen molar-refractivity contribution >= 4 is 40.5 Å². The van der Waals surface area contributed by atoms with Gasteiger partial charge in [-0.15, -0.1) is 0 Å². The van der Waals surface area contributed by atoms with E-state index in [0.29, 0.717) is 51.9 Å². The molecule has 2 unspecified atom stereocenters. The predicted molar refractivity (Wildman–Crippen MR) is 400 cm³/mol. The molecule has 0 aliphatic carbocycles. The SMILES string of the molecule is CCCCC/C=C\C/C=C\C/C=C\C/C=C\CCCC(=O)O[C@H](COCCCCCCC/C=C\CCCCCCC=O)COP(=O)(O)OC[C@@H](O)COP(=O)(O)OC[C@@H](COCCCCCCC/C=C\CCCCCCC=O)OCCCCCCCCC/C=C\CCCCCCC=O. The van der Waals surface area contributed by atoms with Gasteiger partial charge in [0.25, 0.3) is 0 Å². The molecule has 0 radical (unpaired) electrons. The highest BCUT2D eigenvalue weighted by atomic mass is 31.2. The van der Waals surface area contributed by atoms with Crippen LogP contribution in [0.1, 0.15) is 315 Å². The lowest BCUT2D eigenvalue weighted by Crippen LogP contribution is -2.29. The molecule has 0 aliphatic rings. The van der Waals surface area contributed by atoms with Crippen molar-refractivity contribution in [1.82, 2.24) is 0 Å². The Morgan fingerprint density at radius 3 is 0.969 bits per heavy atom. The van der Waals surface area contributed by atoms with Gasteiger partial charge in [-0.3, -0.25) is 22.9 Å². The number of hydrogen-bond donors (Lipinski definition) is 3. The molecule has 568 valence electrons. The maximum absolute atomic E-state index is 13.1. The smallest absolute Gasteiger partial charge is 0.457 e. The van der Waals surface area contributed by atoms with Gasteiger partial charge in [-0.2, -0.15) is 0 Å². The summed E-state index contributed by atoms with van der Waals surface area (Å²) in [4.78, 5) is 65.7. The number of hydrogen-bond acceptors (Lipinski definition) is 15. The largest absolute Gasteiger partial charge is 0.472 e. The van der Waals surface area contributed by atoms with Crippen LogP contribution in [-0.4, -0.2) is 117 Å². The number of aliphatic hydroxyl groups is 1. The van der Waals surface area contributed by atoms with Gasteiger partial charge in [0, 0.05) is 45.5 Å². The van der Waals surface area contributed by atoms with Crippen LogP contribution in [0.3, 0.4) is 0 Å². The van der Waals surface area contributed by atoms with E-state index in [0.717, 1.165) is 237 Å². The first-order valence-electron chi connectivity index (χ1n) is 38.7. The average molecular weight is 1420 g/mol. The molecule has 0 bridgehead atoms. The van der Waals surface area contributed by atoms with E-state index in [1.165, 1.54) is 51.4 Å². The number of esters is 1. The summed E-state index contributed by atoms with van der Waals surface area (Å²) in [5.41, 5.74) is 0. The first-order chi connectivity index (χ1) is 48.0. The average Bonchev–Trinajstić information content (AvgIpc) is 1.20. The second-order valence-corrected chi connectivity index (χ2v) is 28.7. The Bertz CT molecular complexity index is 2090. The van der Waals surface area contributed by atoms with Crippen LogP contribution in [0.15, 0.2) is 85.1 Å². The third-order valence-electron chi connectivity index (χ3n) is 16.3. The lowest BCUT2D eigenvalue weighted by Gasteiger charge is -2.21. The van der Waals surface area contributed by atoms with Crippen molar-refractivity contribution in [2.24, 2.45) is 0 Å². The van der Waals surface area contributed by atoms with Gasteiger partial charge in [0.05, 0.1) is 39.6 Å². The van der Waals surface area contributed by atoms with E-state index in [1.807, 2.05) is 6.08 Å². The van der Waals surface area contributed by atoms with Gasteiger partial charge in [-0.1, -0.05) is 214 Å². The van der Waals surface area contributed by atoms with Gasteiger partial charge in [-0.05, 0) is 161 Å². The summed E-state index contributed by atoms with van der Waals surface area (Å²) in [5.74, 6) is -0.508. The third kappa shape index (κ3) is 75.4. The maximum Gasteiger partial charge on any atom is 0.472 e. The van der Waals surface area contributed by atoms with Gasteiger partial charge < -0.3 is 48.2 Å². The summed E-state index contributed by atoms with van der Waals surface area (Å²) in [5, 5.41) is 10.6. The molecule has 0 spiro atoms. The number of allylic oxidation sites excluding steroid dienone is 14. The Morgan fingerprint density at radius 2 is 0.602 bits per heavy atom. The Hall–Kier alpha value is -3.28. The predicted octanol–water partition coefficient (Wildman–Crippen LogP) is 21.2. The van der Waals surface area contributed by atoms with Gasteiger partial charge in [0.1, 0.15) is 37.2 Å². The summed E-state index contributed by atoms with van der Waals surface area (Å²) < 4.78 is 70.5. The summed E-state index contributed by atoms with van der Waals surface area (Å²) in [7, 11) is -9.59. The monoisotopic (exact) mass is 1420 g/mol. The van der Waals surface area contributed by atoms with Crippen LogP contribution in [0.2, 0.25) is 0 Å². The lowest BCUT2D eigenvalue weighted by atomic mass is 10.1. The number of carbonyl (C=O) groups excluding carboxylic acids is 4. The minimum absolute atomic E-state index is 0.0784. The van der Waals surface area contributed by atoms with Crippen LogP contribution in [0.5, 0.6) is 0 Å². The van der Waals surface area contributed by atoms with Gasteiger partial charge >= 0.3 is 21.6 Å². The van der Waals surface area contributed by atoms with E-state index in [9.17, 15) is 43.2 Å². The summed E-state index contributed by atoms with van der Waals surface area (Å²) in [6.07, 6.45) is 78.9. The summed E-state index contributed by atoms with van der Waals surface area (Å²) >= 11 is 0. The molecule has 0 aromatic rings. The minimum Gasteiger partial charge on any atom is -0.457 e. The van der Waals surface area contributed by atoms with E-state index in [1.54, 1.807) is 0 Å². The highest BCUT2D eigenvalue weighted by molar-refractivity contribution is 7.47. The van der Waals surface area contributed by atoms with E-state index in [2.05, 4.69) is 85.9 Å². The van der Waals surface area contributed by atoms with Gasteiger partial charge in [-0.25, -0.2) is 9.13 Å². The van der Waals surface area contributed by atoms with E-state index < -0.39 is 59.7 Å². The Balaban J connectivity index is 5.19. The molecule has 0 saturated carbocycles. The van der Waals surface area contributed by atoms with Crippen LogP contribution >= 0.6 is 15.6 Å². The molecule has 98 heavy (non-hydrogen) atoms. The fraction of sp³-hybridized carbons (Fsp3) is 0.772. The van der Waals surface area contributed by atoms with Crippen LogP contribution in [0.4, 0.5) is 0 Å². The molecule has 0 fully saturated rings. The lowest BCUT2D eigenvalue weighted by molar-refractivity contribution is -0.154. The Kier molecular flexibility index (Phi) is 73.8. The summed E-state index contributed by atoms with van der Waals surface area (Å²) in [6.45, 7) is 1.20. The zero-order valence-corrected chi connectivity index (χ0v) is 63.1. The van der Waals surface area contributed by atoms with E-state index >= 15 is 0 Å². The van der Waals surface area contributed by atoms with Gasteiger partial charge in [0.15, 0.2) is 0 Å². The normalized spacial score (nSPS) is 14.5. The molecule has 0 aliphatic heterocycles. The molecule has 19 heteroatoms. The standard InChI is InChI=1S/C79H140O17P2/c1-2-3-4-5-6-7-8-9-10-11-14-21-28-35-42-49-56-63-79(84)96-78(73-90-68-61-54-47-40-33-26-20-17-24-31-38-45-52-59-66-82)75-95-98(87,88)93-71-76(83)70-92-97(85,86)94-74-77(72-89-67-60-53-46-39-32-25-19-16-23-30-37-44-51-58-65-81)91-69-62-55-48-41-34-27-18-13-12-15-22-29-36-43-50-57-64-80/h6-7,9-10,12,14-17,19-21,35,42,64-66,76-78,83H,2-5,8,11,13,18,22-34,36-41,43-63,67-75H2,1H3,(H,85,86)(H,87,88)/b7-6-,10-9-,15-12-,19-16-,20-17-,21-14-,42-35-/t76-,77+,78+/m0/s1.